The molecule has 2 aromatic rings. The van der Waals surface area contributed by atoms with Gasteiger partial charge in [-0.15, -0.1) is 4.72 Å². The van der Waals surface area contributed by atoms with Crippen LogP contribution in [0.3, 0.4) is 0 Å². The topological polar surface area (TPSA) is 126 Å². The second-order valence-electron chi connectivity index (χ2n) is 7.72. The van der Waals surface area contributed by atoms with Crippen molar-refractivity contribution in [3.8, 4) is 11.4 Å². The van der Waals surface area contributed by atoms with Gasteiger partial charge in [0.05, 0.1) is 41.5 Å². The van der Waals surface area contributed by atoms with Crippen LogP contribution in [0, 0.1) is 5.41 Å². The SMILES string of the molecule is C[S+]([O-])NC[C@@H]1CN(c2cc(-c3cnc(/C=C\C(=N)C(F)F)[nH]3)ncn2)CC(C)(C)O1. The minimum atomic E-state index is -2.83. The van der Waals surface area contributed by atoms with Crippen molar-refractivity contribution in [2.75, 3.05) is 30.8 Å². The number of morpholine rings is 1. The Morgan fingerprint density at radius 3 is 2.97 bits per heavy atom. The van der Waals surface area contributed by atoms with Crippen LogP contribution in [0.1, 0.15) is 19.7 Å². The Morgan fingerprint density at radius 2 is 2.26 bits per heavy atom. The molecule has 0 amide bonds. The molecule has 2 atom stereocenters. The van der Waals surface area contributed by atoms with Crippen LogP contribution in [0.4, 0.5) is 14.6 Å². The Morgan fingerprint density at radius 1 is 1.48 bits per heavy atom. The number of rotatable bonds is 8. The lowest BCUT2D eigenvalue weighted by Gasteiger charge is -2.43. The molecule has 3 N–H and O–H groups in total. The van der Waals surface area contributed by atoms with E-state index in [9.17, 15) is 13.3 Å². The van der Waals surface area contributed by atoms with Gasteiger partial charge in [-0.3, -0.25) is 5.41 Å². The van der Waals surface area contributed by atoms with Crippen molar-refractivity contribution in [1.29, 1.82) is 5.41 Å². The van der Waals surface area contributed by atoms with Gasteiger partial charge in [-0.2, -0.15) is 0 Å². The maximum atomic E-state index is 12.4. The maximum Gasteiger partial charge on any atom is 0.279 e. The summed E-state index contributed by atoms with van der Waals surface area (Å²) in [7, 11) is 0. The van der Waals surface area contributed by atoms with Crippen molar-refractivity contribution in [2.24, 2.45) is 0 Å². The second-order valence-corrected chi connectivity index (χ2v) is 8.91. The zero-order valence-corrected chi connectivity index (χ0v) is 18.2. The van der Waals surface area contributed by atoms with Gasteiger partial charge < -0.3 is 19.2 Å². The van der Waals surface area contributed by atoms with Crippen molar-refractivity contribution >= 4 is 29.0 Å². The van der Waals surface area contributed by atoms with E-state index in [2.05, 4.69) is 29.6 Å². The molecule has 0 aliphatic carbocycles. The van der Waals surface area contributed by atoms with Gasteiger partial charge in [0, 0.05) is 30.5 Å². The predicted molar refractivity (Wildman–Crippen MR) is 116 cm³/mol. The fourth-order valence-corrected chi connectivity index (χ4v) is 3.67. The average Bonchev–Trinajstić information content (AvgIpc) is 3.18. The van der Waals surface area contributed by atoms with Gasteiger partial charge in [0.2, 0.25) is 0 Å². The Hall–Kier alpha value is -2.41. The highest BCUT2D eigenvalue weighted by atomic mass is 32.2. The molecule has 0 aromatic carbocycles. The number of H-pyrrole nitrogens is 1. The standard InChI is InChI=1S/C19H25F2N7O2S/c1-19(2)10-28(9-12(30-19)7-26-31(3)29)17-6-14(24-11-25-17)15-8-23-16(27-15)5-4-13(22)18(20)21/h4-6,8,11-12,18,22,26H,7,9-10H2,1-3H3,(H,23,27)/b5-4-,22-13?/t12-,31?/m1/s1. The van der Waals surface area contributed by atoms with Crippen LogP contribution >= 0.6 is 0 Å². The molecule has 0 radical (unpaired) electrons. The summed E-state index contributed by atoms with van der Waals surface area (Å²) < 4.78 is 45.2. The molecule has 1 unspecified atom stereocenters. The van der Waals surface area contributed by atoms with Gasteiger partial charge >= 0.3 is 0 Å². The molecule has 168 valence electrons. The number of alkyl halides is 2. The summed E-state index contributed by atoms with van der Waals surface area (Å²) in [5, 5.41) is 7.17. The van der Waals surface area contributed by atoms with E-state index < -0.39 is 29.1 Å². The number of anilines is 1. The summed E-state index contributed by atoms with van der Waals surface area (Å²) in [5.41, 5.74) is -0.0200. The summed E-state index contributed by atoms with van der Waals surface area (Å²) in [4.78, 5) is 17.9. The molecule has 31 heavy (non-hydrogen) atoms. The zero-order valence-electron chi connectivity index (χ0n) is 17.4. The Kier molecular flexibility index (Phi) is 7.36. The second kappa shape index (κ2) is 9.81. The highest BCUT2D eigenvalue weighted by Gasteiger charge is 2.34. The fourth-order valence-electron chi connectivity index (χ4n) is 3.25. The first kappa shape index (κ1) is 23.3. The lowest BCUT2D eigenvalue weighted by Crippen LogP contribution is -2.56. The molecule has 3 rings (SSSR count). The maximum absolute atomic E-state index is 12.4. The van der Waals surface area contributed by atoms with Gasteiger partial charge in [-0.25, -0.2) is 23.7 Å². The van der Waals surface area contributed by atoms with Gasteiger partial charge in [0.25, 0.3) is 6.43 Å². The number of aromatic amines is 1. The molecule has 2 aromatic heterocycles. The van der Waals surface area contributed by atoms with Crippen LogP contribution in [0.25, 0.3) is 17.5 Å². The number of nitrogens with zero attached hydrogens (tertiary/aromatic N) is 4. The van der Waals surface area contributed by atoms with E-state index in [-0.39, 0.29) is 6.10 Å². The van der Waals surface area contributed by atoms with Crippen LogP contribution in [-0.2, 0) is 16.1 Å². The van der Waals surface area contributed by atoms with Crippen LogP contribution < -0.4 is 9.62 Å². The summed E-state index contributed by atoms with van der Waals surface area (Å²) in [5.74, 6) is 1.04. The lowest BCUT2D eigenvalue weighted by molar-refractivity contribution is -0.0802. The van der Waals surface area contributed by atoms with Crippen molar-refractivity contribution in [3.63, 3.8) is 0 Å². The van der Waals surface area contributed by atoms with Crippen molar-refractivity contribution in [3.05, 3.63) is 30.5 Å². The van der Waals surface area contributed by atoms with Gasteiger partial charge in [-0.1, -0.05) is 0 Å². The normalized spacial score (nSPS) is 19.8. The first-order valence-corrected chi connectivity index (χ1v) is 11.1. The average molecular weight is 454 g/mol. The van der Waals surface area contributed by atoms with E-state index in [1.165, 1.54) is 12.4 Å². The third-order valence-corrected chi connectivity index (χ3v) is 5.07. The summed E-state index contributed by atoms with van der Waals surface area (Å²) >= 11 is -1.13. The molecule has 1 saturated heterocycles. The number of imidazole rings is 1. The van der Waals surface area contributed by atoms with E-state index in [4.69, 9.17) is 10.1 Å². The van der Waals surface area contributed by atoms with E-state index in [0.717, 1.165) is 6.08 Å². The van der Waals surface area contributed by atoms with Crippen molar-refractivity contribution in [1.82, 2.24) is 24.7 Å². The molecule has 3 heterocycles. The number of hydrogen-bond donors (Lipinski definition) is 3. The minimum absolute atomic E-state index is 0.167. The molecule has 0 spiro atoms. The fraction of sp³-hybridized carbons (Fsp3) is 0.474. The van der Waals surface area contributed by atoms with E-state index in [1.807, 2.05) is 19.9 Å². The predicted octanol–water partition coefficient (Wildman–Crippen LogP) is 2.03. The first-order valence-electron chi connectivity index (χ1n) is 9.55. The Balaban J connectivity index is 1.76. The highest BCUT2D eigenvalue weighted by Crippen LogP contribution is 2.26. The van der Waals surface area contributed by atoms with Crippen LogP contribution in [-0.4, -0.2) is 74.2 Å². The molecular formula is C19H25F2N7O2S. The highest BCUT2D eigenvalue weighted by molar-refractivity contribution is 7.88. The van der Waals surface area contributed by atoms with Gasteiger partial charge in [0.1, 0.15) is 24.2 Å². The largest absolute Gasteiger partial charge is 0.598 e. The number of halogens is 2. The van der Waals surface area contributed by atoms with Crippen LogP contribution in [0.2, 0.25) is 0 Å². The Labute approximate surface area is 182 Å². The van der Waals surface area contributed by atoms with Crippen LogP contribution in [0.5, 0.6) is 0 Å². The van der Waals surface area contributed by atoms with Crippen molar-refractivity contribution < 1.29 is 18.1 Å². The molecule has 1 aliphatic heterocycles. The molecule has 1 aliphatic rings. The Bertz CT molecular complexity index is 935. The number of ether oxygens (including phenoxy) is 1. The molecule has 1 fully saturated rings. The van der Waals surface area contributed by atoms with E-state index >= 15 is 0 Å². The summed E-state index contributed by atoms with van der Waals surface area (Å²) in [6, 6.07) is 1.81. The number of nitrogens with one attached hydrogen (secondary N) is 3. The number of aromatic nitrogens is 4. The summed E-state index contributed by atoms with van der Waals surface area (Å²) in [6.07, 6.45) is 3.90. The number of hydrogen-bond acceptors (Lipinski definition) is 8. The number of allylic oxidation sites excluding steroid dienone is 1. The van der Waals surface area contributed by atoms with E-state index in [1.54, 1.807) is 12.5 Å². The van der Waals surface area contributed by atoms with Crippen molar-refractivity contribution in [2.45, 2.75) is 32.0 Å². The smallest absolute Gasteiger partial charge is 0.279 e. The molecular weight excluding hydrogens is 428 g/mol. The first-order chi connectivity index (χ1) is 14.6. The van der Waals surface area contributed by atoms with Gasteiger partial charge in [0.15, 0.2) is 0 Å². The van der Waals surface area contributed by atoms with Crippen LogP contribution in [0.15, 0.2) is 24.7 Å². The third-order valence-electron chi connectivity index (χ3n) is 4.50. The lowest BCUT2D eigenvalue weighted by atomic mass is 10.1. The molecule has 9 nitrogen and oxygen atoms in total. The van der Waals surface area contributed by atoms with Gasteiger partial charge in [-0.05, 0) is 26.0 Å². The molecule has 0 saturated carbocycles. The zero-order chi connectivity index (χ0) is 22.6. The third kappa shape index (κ3) is 6.53. The monoisotopic (exact) mass is 453 g/mol. The molecule has 12 heteroatoms. The minimum Gasteiger partial charge on any atom is -0.598 e. The quantitative estimate of drug-likeness (QED) is 0.412. The summed E-state index contributed by atoms with van der Waals surface area (Å²) in [6.45, 7) is 5.60. The van der Waals surface area contributed by atoms with E-state index in [0.29, 0.717) is 42.7 Å². The molecule has 0 bridgehead atoms.